The molecule has 0 aliphatic carbocycles. The first kappa shape index (κ1) is 23.9. The fourth-order valence-corrected chi connectivity index (χ4v) is 5.41. The molecule has 170 valence electrons. The summed E-state index contributed by atoms with van der Waals surface area (Å²) < 4.78 is 58.5. The number of hydrogen-bond acceptors (Lipinski definition) is 6. The molecule has 1 aliphatic heterocycles. The van der Waals surface area contributed by atoms with Gasteiger partial charge in [0.2, 0.25) is 20.0 Å². The van der Waals surface area contributed by atoms with E-state index in [1.807, 2.05) is 0 Å². The Bertz CT molecular complexity index is 1210. The number of benzene rings is 2. The molecule has 1 fully saturated rings. The number of hydrogen-bond donors (Lipinski definition) is 2. The summed E-state index contributed by atoms with van der Waals surface area (Å²) in [6.07, 6.45) is 5.08. The molecular formula is C21H23N3O6S2. The normalized spacial score (nSPS) is 15.1. The second kappa shape index (κ2) is 10.2. The van der Waals surface area contributed by atoms with Gasteiger partial charge in [-0.05, 0) is 35.9 Å². The number of nitrogens with one attached hydrogen (secondary N) is 2. The molecule has 11 heteroatoms. The number of terminal acetylenes is 1. The molecular weight excluding hydrogens is 454 g/mol. The summed E-state index contributed by atoms with van der Waals surface area (Å²) in [7, 11) is -7.40. The van der Waals surface area contributed by atoms with Crippen molar-refractivity contribution in [3.8, 4) is 12.3 Å². The van der Waals surface area contributed by atoms with E-state index in [1.165, 1.54) is 40.7 Å². The number of ether oxygens (including phenoxy) is 1. The SMILES string of the molecule is C#CCNS(=O)(=O)c1cccc(C(=O)NCc2ccc(S(=O)(=O)N3CCOCC3)cc2)c1. The highest BCUT2D eigenvalue weighted by Gasteiger charge is 2.26. The summed E-state index contributed by atoms with van der Waals surface area (Å²) in [6, 6.07) is 11.8. The number of nitrogens with zero attached hydrogens (tertiary/aromatic N) is 1. The Kier molecular flexibility index (Phi) is 7.65. The summed E-state index contributed by atoms with van der Waals surface area (Å²) in [5.41, 5.74) is 0.860. The van der Waals surface area contributed by atoms with Crippen molar-refractivity contribution >= 4 is 26.0 Å². The standard InChI is InChI=1S/C21H23N3O6S2/c1-2-10-23-31(26,27)20-5-3-4-18(15-20)21(25)22-16-17-6-8-19(9-7-17)32(28,29)24-11-13-30-14-12-24/h1,3-9,15,23H,10-14,16H2,(H,22,25). The predicted molar refractivity (Wildman–Crippen MR) is 118 cm³/mol. The summed E-state index contributed by atoms with van der Waals surface area (Å²) in [5.74, 6) is 1.72. The largest absolute Gasteiger partial charge is 0.379 e. The van der Waals surface area contributed by atoms with Crippen molar-refractivity contribution < 1.29 is 26.4 Å². The second-order valence-corrected chi connectivity index (χ2v) is 10.6. The van der Waals surface area contributed by atoms with Crippen LogP contribution in [0.15, 0.2) is 58.3 Å². The summed E-state index contributed by atoms with van der Waals surface area (Å²) in [4.78, 5) is 12.6. The van der Waals surface area contributed by atoms with E-state index in [0.717, 1.165) is 0 Å². The van der Waals surface area contributed by atoms with E-state index < -0.39 is 26.0 Å². The van der Waals surface area contributed by atoms with Crippen LogP contribution in [-0.2, 0) is 31.3 Å². The Morgan fingerprint density at radius 2 is 1.72 bits per heavy atom. The lowest BCUT2D eigenvalue weighted by molar-refractivity contribution is 0.0730. The van der Waals surface area contributed by atoms with Crippen LogP contribution in [0.1, 0.15) is 15.9 Å². The highest BCUT2D eigenvalue weighted by Crippen LogP contribution is 2.18. The van der Waals surface area contributed by atoms with Gasteiger partial charge in [-0.25, -0.2) is 16.8 Å². The molecule has 2 aromatic rings. The number of amides is 1. The molecule has 1 saturated heterocycles. The van der Waals surface area contributed by atoms with E-state index in [2.05, 4.69) is 16.0 Å². The van der Waals surface area contributed by atoms with Crippen LogP contribution in [0.5, 0.6) is 0 Å². The van der Waals surface area contributed by atoms with Crippen LogP contribution in [0, 0.1) is 12.3 Å². The molecule has 1 aliphatic rings. The van der Waals surface area contributed by atoms with Gasteiger partial charge in [0.15, 0.2) is 0 Å². The van der Waals surface area contributed by atoms with E-state index in [-0.39, 0.29) is 28.4 Å². The average Bonchev–Trinajstić information content (AvgIpc) is 2.82. The number of rotatable bonds is 8. The number of sulfonamides is 2. The Balaban J connectivity index is 1.64. The van der Waals surface area contributed by atoms with Crippen LogP contribution >= 0.6 is 0 Å². The van der Waals surface area contributed by atoms with Crippen molar-refractivity contribution in [3.05, 3.63) is 59.7 Å². The molecule has 0 aromatic heterocycles. The molecule has 0 spiro atoms. The van der Waals surface area contributed by atoms with Crippen molar-refractivity contribution in [1.82, 2.24) is 14.3 Å². The van der Waals surface area contributed by atoms with Gasteiger partial charge in [-0.15, -0.1) is 6.42 Å². The van der Waals surface area contributed by atoms with Gasteiger partial charge >= 0.3 is 0 Å². The molecule has 32 heavy (non-hydrogen) atoms. The smallest absolute Gasteiger partial charge is 0.251 e. The maximum absolute atomic E-state index is 12.7. The van der Waals surface area contributed by atoms with E-state index in [9.17, 15) is 21.6 Å². The lowest BCUT2D eigenvalue weighted by atomic mass is 10.2. The van der Waals surface area contributed by atoms with Crippen LogP contribution in [0.4, 0.5) is 0 Å². The predicted octanol–water partition coefficient (Wildman–Crippen LogP) is 0.549. The Hall–Kier alpha value is -2.75. The van der Waals surface area contributed by atoms with Crippen LogP contribution in [0.2, 0.25) is 0 Å². The van der Waals surface area contributed by atoms with Crippen LogP contribution in [-0.4, -0.2) is 59.9 Å². The van der Waals surface area contributed by atoms with Gasteiger partial charge in [-0.1, -0.05) is 24.1 Å². The zero-order chi connectivity index (χ0) is 23.2. The Morgan fingerprint density at radius 3 is 2.38 bits per heavy atom. The van der Waals surface area contributed by atoms with Crippen molar-refractivity contribution in [2.75, 3.05) is 32.8 Å². The Morgan fingerprint density at radius 1 is 1.03 bits per heavy atom. The Labute approximate surface area is 187 Å². The van der Waals surface area contributed by atoms with E-state index in [4.69, 9.17) is 11.2 Å². The molecule has 3 rings (SSSR count). The highest BCUT2D eigenvalue weighted by atomic mass is 32.2. The zero-order valence-corrected chi connectivity index (χ0v) is 18.8. The third-order valence-electron chi connectivity index (χ3n) is 4.76. The van der Waals surface area contributed by atoms with Gasteiger partial charge in [0, 0.05) is 25.2 Å². The third kappa shape index (κ3) is 5.73. The highest BCUT2D eigenvalue weighted by molar-refractivity contribution is 7.89. The minimum Gasteiger partial charge on any atom is -0.379 e. The average molecular weight is 478 g/mol. The number of carbonyl (C=O) groups excluding carboxylic acids is 1. The summed E-state index contributed by atoms with van der Waals surface area (Å²) in [5, 5.41) is 2.70. The first-order valence-corrected chi connectivity index (χ1v) is 12.6. The van der Waals surface area contributed by atoms with Crippen LogP contribution in [0.25, 0.3) is 0 Å². The maximum Gasteiger partial charge on any atom is 0.251 e. The number of carbonyl (C=O) groups is 1. The van der Waals surface area contributed by atoms with Gasteiger partial charge in [0.25, 0.3) is 5.91 Å². The zero-order valence-electron chi connectivity index (χ0n) is 17.2. The first-order valence-electron chi connectivity index (χ1n) is 9.72. The van der Waals surface area contributed by atoms with Gasteiger partial charge in [-0.2, -0.15) is 9.03 Å². The van der Waals surface area contributed by atoms with Crippen molar-refractivity contribution in [2.24, 2.45) is 0 Å². The minimum atomic E-state index is -3.81. The molecule has 2 N–H and O–H groups in total. The molecule has 0 unspecified atom stereocenters. The van der Waals surface area contributed by atoms with E-state index in [0.29, 0.717) is 31.9 Å². The van der Waals surface area contributed by atoms with Gasteiger partial charge in [0.1, 0.15) is 0 Å². The fraction of sp³-hybridized carbons (Fsp3) is 0.286. The van der Waals surface area contributed by atoms with Gasteiger partial charge in [-0.3, -0.25) is 4.79 Å². The molecule has 1 heterocycles. The lowest BCUT2D eigenvalue weighted by Gasteiger charge is -2.26. The van der Waals surface area contributed by atoms with Gasteiger partial charge < -0.3 is 10.1 Å². The fourth-order valence-electron chi connectivity index (χ4n) is 3.02. The van der Waals surface area contributed by atoms with Crippen LogP contribution < -0.4 is 10.0 Å². The van der Waals surface area contributed by atoms with Crippen LogP contribution in [0.3, 0.4) is 0 Å². The van der Waals surface area contributed by atoms with Gasteiger partial charge in [0.05, 0.1) is 29.5 Å². The molecule has 0 radical (unpaired) electrons. The minimum absolute atomic E-state index is 0.0712. The summed E-state index contributed by atoms with van der Waals surface area (Å²) in [6.45, 7) is 1.34. The van der Waals surface area contributed by atoms with Crippen molar-refractivity contribution in [2.45, 2.75) is 16.3 Å². The quantitative estimate of drug-likeness (QED) is 0.536. The molecule has 0 atom stereocenters. The molecule has 2 aromatic carbocycles. The monoisotopic (exact) mass is 477 g/mol. The molecule has 1 amide bonds. The second-order valence-electron chi connectivity index (χ2n) is 6.90. The van der Waals surface area contributed by atoms with Crippen molar-refractivity contribution in [1.29, 1.82) is 0 Å². The summed E-state index contributed by atoms with van der Waals surface area (Å²) >= 11 is 0. The molecule has 9 nitrogen and oxygen atoms in total. The van der Waals surface area contributed by atoms with E-state index >= 15 is 0 Å². The number of morpholine rings is 1. The first-order chi connectivity index (χ1) is 15.2. The molecule has 0 saturated carbocycles. The molecule has 0 bridgehead atoms. The van der Waals surface area contributed by atoms with Crippen molar-refractivity contribution in [3.63, 3.8) is 0 Å². The maximum atomic E-state index is 12.7. The lowest BCUT2D eigenvalue weighted by Crippen LogP contribution is -2.40. The topological polar surface area (TPSA) is 122 Å². The van der Waals surface area contributed by atoms with E-state index in [1.54, 1.807) is 12.1 Å². The third-order valence-corrected chi connectivity index (χ3v) is 8.07.